The van der Waals surface area contributed by atoms with Crippen molar-refractivity contribution in [2.24, 2.45) is 0 Å². The average Bonchev–Trinajstić information content (AvgIpc) is 1.88. The summed E-state index contributed by atoms with van der Waals surface area (Å²) < 4.78 is 5.87. The van der Waals surface area contributed by atoms with Crippen LogP contribution in [0.1, 0.15) is 33.1 Å². The molecule has 1 aliphatic rings. The molecule has 1 unspecified atom stereocenters. The topological polar surface area (TPSA) is 9.23 Å². The van der Waals surface area contributed by atoms with Crippen molar-refractivity contribution in [3.05, 3.63) is 0 Å². The minimum atomic E-state index is -0.684. The zero-order chi connectivity index (χ0) is 7.40. The lowest BCUT2D eigenvalue weighted by Crippen LogP contribution is -2.28. The second kappa shape index (κ2) is 4.39. The molecule has 1 atom stereocenters. The van der Waals surface area contributed by atoms with E-state index >= 15 is 0 Å². The molecule has 0 N–H and O–H groups in total. The number of rotatable bonds is 2. The van der Waals surface area contributed by atoms with Gasteiger partial charge < -0.3 is 3.79 Å². The summed E-state index contributed by atoms with van der Waals surface area (Å²) in [5.41, 5.74) is 0. The van der Waals surface area contributed by atoms with E-state index < -0.39 is 14.5 Å². The summed E-state index contributed by atoms with van der Waals surface area (Å²) in [6.45, 7) is 4.48. The van der Waals surface area contributed by atoms with Crippen LogP contribution in [0.4, 0.5) is 0 Å². The second-order valence-corrected chi connectivity index (χ2v) is 5.96. The fraction of sp³-hybridized carbons (Fsp3) is 1.00. The fourth-order valence-electron chi connectivity index (χ4n) is 1.63. The highest BCUT2D eigenvalue weighted by Gasteiger charge is 2.25. The molecular weight excluding hydrogens is 139 g/mol. The molecule has 0 spiro atoms. The summed E-state index contributed by atoms with van der Waals surface area (Å²) in [5, 5.41) is 2.82. The Hall–Kier alpha value is 0.492. The van der Waals surface area contributed by atoms with Gasteiger partial charge >= 0.3 is 14.5 Å². The van der Waals surface area contributed by atoms with Crippen molar-refractivity contribution in [3.63, 3.8) is 0 Å². The van der Waals surface area contributed by atoms with Crippen molar-refractivity contribution in [1.29, 1.82) is 0 Å². The van der Waals surface area contributed by atoms with Gasteiger partial charge in [-0.25, -0.2) is 0 Å². The first-order valence-corrected chi connectivity index (χ1v) is 6.59. The zero-order valence-corrected chi connectivity index (χ0v) is 8.25. The van der Waals surface area contributed by atoms with Gasteiger partial charge in [0.1, 0.15) is 0 Å². The maximum atomic E-state index is 5.87. The highest BCUT2D eigenvalue weighted by molar-refractivity contribution is 6.52. The molecule has 0 aromatic rings. The lowest BCUT2D eigenvalue weighted by Gasteiger charge is -2.24. The molecule has 0 aromatic heterocycles. The van der Waals surface area contributed by atoms with Gasteiger partial charge in [-0.1, -0.05) is 30.3 Å². The molecule has 1 saturated heterocycles. The van der Waals surface area contributed by atoms with E-state index in [1.165, 1.54) is 29.8 Å². The normalized spacial score (nSPS) is 27.0. The van der Waals surface area contributed by atoms with Crippen LogP contribution < -0.4 is 0 Å². The molecule has 1 nitrogen and oxygen atoms in total. The summed E-state index contributed by atoms with van der Waals surface area (Å²) >= 11 is -0.684. The SMILES string of the molecule is CC[CH2][Al]1[CH2]CCC(C)[O]1. The van der Waals surface area contributed by atoms with Crippen LogP contribution in [-0.2, 0) is 3.79 Å². The van der Waals surface area contributed by atoms with E-state index in [-0.39, 0.29) is 0 Å². The van der Waals surface area contributed by atoms with E-state index in [1.807, 2.05) is 0 Å². The lowest BCUT2D eigenvalue weighted by atomic mass is 10.2. The summed E-state index contributed by atoms with van der Waals surface area (Å²) in [4.78, 5) is 0. The third kappa shape index (κ3) is 2.62. The molecule has 1 rings (SSSR count). The van der Waals surface area contributed by atoms with Crippen molar-refractivity contribution in [3.8, 4) is 0 Å². The smallest absolute Gasteiger partial charge is 0.460 e. The zero-order valence-electron chi connectivity index (χ0n) is 7.10. The standard InChI is InChI=1S/C5H10O.C3H7.Al/c1-3-4-5(2)6;1-3-2;/h5H,1,3-4H2,2H3;1,3H2,2H3;/q-1;;+1. The second-order valence-electron chi connectivity index (χ2n) is 3.29. The van der Waals surface area contributed by atoms with E-state index in [4.69, 9.17) is 3.79 Å². The van der Waals surface area contributed by atoms with Gasteiger partial charge in [0, 0.05) is 6.10 Å². The Morgan fingerprint density at radius 2 is 2.40 bits per heavy atom. The predicted octanol–water partition coefficient (Wildman–Crippen LogP) is 2.59. The molecule has 58 valence electrons. The van der Waals surface area contributed by atoms with Gasteiger partial charge in [0.25, 0.3) is 0 Å². The molecule has 0 bridgehead atoms. The Kier molecular flexibility index (Phi) is 3.77. The minimum absolute atomic E-state index is 0.581. The van der Waals surface area contributed by atoms with E-state index in [0.717, 1.165) is 0 Å². The summed E-state index contributed by atoms with van der Waals surface area (Å²) in [6, 6.07) is 0. The largest absolute Gasteiger partial charge is 0.498 e. The van der Waals surface area contributed by atoms with Gasteiger partial charge in [-0.15, -0.1) is 0 Å². The van der Waals surface area contributed by atoms with Gasteiger partial charge in [0.2, 0.25) is 0 Å². The van der Waals surface area contributed by atoms with Crippen LogP contribution in [0.3, 0.4) is 0 Å². The highest BCUT2D eigenvalue weighted by atomic mass is 27.2. The van der Waals surface area contributed by atoms with Gasteiger partial charge in [0.05, 0.1) is 0 Å². The van der Waals surface area contributed by atoms with E-state index in [9.17, 15) is 0 Å². The van der Waals surface area contributed by atoms with Gasteiger partial charge in [0.15, 0.2) is 0 Å². The monoisotopic (exact) mass is 156 g/mol. The van der Waals surface area contributed by atoms with Gasteiger partial charge in [-0.2, -0.15) is 0 Å². The quantitative estimate of drug-likeness (QED) is 0.558. The van der Waals surface area contributed by atoms with Crippen LogP contribution >= 0.6 is 0 Å². The number of hydrogen-bond donors (Lipinski definition) is 0. The van der Waals surface area contributed by atoms with Crippen molar-refractivity contribution in [1.82, 2.24) is 0 Å². The first kappa shape index (κ1) is 8.59. The molecule has 1 aliphatic heterocycles. The molecule has 0 radical (unpaired) electrons. The van der Waals surface area contributed by atoms with Crippen LogP contribution in [0.25, 0.3) is 0 Å². The van der Waals surface area contributed by atoms with Gasteiger partial charge in [-0.3, -0.25) is 0 Å². The number of hydrogen-bond acceptors (Lipinski definition) is 1. The summed E-state index contributed by atoms with van der Waals surface area (Å²) in [6.07, 6.45) is 4.63. The van der Waals surface area contributed by atoms with Crippen LogP contribution in [0.5, 0.6) is 0 Å². The molecule has 2 heteroatoms. The van der Waals surface area contributed by atoms with E-state index in [2.05, 4.69) is 13.8 Å². The summed E-state index contributed by atoms with van der Waals surface area (Å²) in [5.74, 6) is 0. The molecule has 0 aliphatic carbocycles. The Morgan fingerprint density at radius 1 is 1.60 bits per heavy atom. The Morgan fingerprint density at radius 3 is 3.00 bits per heavy atom. The first-order valence-electron chi connectivity index (χ1n) is 4.48. The third-order valence-corrected chi connectivity index (χ3v) is 5.30. The molecular formula is C8H17AlO. The molecule has 1 heterocycles. The molecule has 10 heavy (non-hydrogen) atoms. The average molecular weight is 156 g/mol. The molecule has 0 saturated carbocycles. The Bertz CT molecular complexity index is 93.3. The Labute approximate surface area is 68.5 Å². The highest BCUT2D eigenvalue weighted by Crippen LogP contribution is 2.19. The maximum absolute atomic E-state index is 5.87. The van der Waals surface area contributed by atoms with Crippen molar-refractivity contribution in [2.75, 3.05) is 0 Å². The fourth-order valence-corrected chi connectivity index (χ4v) is 4.32. The molecule has 0 amide bonds. The summed E-state index contributed by atoms with van der Waals surface area (Å²) in [7, 11) is 0. The van der Waals surface area contributed by atoms with E-state index in [0.29, 0.717) is 6.10 Å². The molecule has 0 aromatic carbocycles. The minimum Gasteiger partial charge on any atom is -0.498 e. The van der Waals surface area contributed by atoms with Crippen LogP contribution in [0.15, 0.2) is 0 Å². The van der Waals surface area contributed by atoms with Crippen molar-refractivity contribution < 1.29 is 3.79 Å². The van der Waals surface area contributed by atoms with Crippen LogP contribution in [0.2, 0.25) is 10.6 Å². The maximum Gasteiger partial charge on any atom is 0.460 e. The van der Waals surface area contributed by atoms with Crippen molar-refractivity contribution in [2.45, 2.75) is 49.8 Å². The Balaban J connectivity index is 2.18. The first-order chi connectivity index (χ1) is 4.83. The van der Waals surface area contributed by atoms with Crippen LogP contribution in [0, 0.1) is 0 Å². The van der Waals surface area contributed by atoms with Crippen molar-refractivity contribution >= 4 is 14.5 Å². The van der Waals surface area contributed by atoms with E-state index in [1.54, 1.807) is 0 Å². The van der Waals surface area contributed by atoms with Gasteiger partial charge in [-0.05, 0) is 13.3 Å². The third-order valence-electron chi connectivity index (χ3n) is 2.17. The van der Waals surface area contributed by atoms with Crippen LogP contribution in [-0.4, -0.2) is 20.6 Å². The molecule has 1 fully saturated rings. The lowest BCUT2D eigenvalue weighted by molar-refractivity contribution is 0.189. The predicted molar refractivity (Wildman–Crippen MR) is 45.4 cm³/mol.